The molecule has 0 radical (unpaired) electrons. The van der Waals surface area contributed by atoms with Gasteiger partial charge in [-0.2, -0.15) is 4.98 Å². The van der Waals surface area contributed by atoms with Crippen LogP contribution in [0.5, 0.6) is 0 Å². The monoisotopic (exact) mass is 272 g/mol. The number of nitrogens with zero attached hydrogens (tertiary/aromatic N) is 2. The summed E-state index contributed by atoms with van der Waals surface area (Å²) in [6.45, 7) is 0.404. The maximum absolute atomic E-state index is 11.8. The van der Waals surface area contributed by atoms with Crippen molar-refractivity contribution in [1.82, 2.24) is 20.2 Å². The summed E-state index contributed by atoms with van der Waals surface area (Å²) in [6.07, 6.45) is 1.13. The van der Waals surface area contributed by atoms with Gasteiger partial charge in [-0.3, -0.25) is 0 Å². The van der Waals surface area contributed by atoms with Gasteiger partial charge in [-0.15, -0.1) is 0 Å². The van der Waals surface area contributed by atoms with Crippen molar-refractivity contribution in [2.75, 3.05) is 7.05 Å². The van der Waals surface area contributed by atoms with Crippen LogP contribution in [-0.4, -0.2) is 25.6 Å². The highest BCUT2D eigenvalue weighted by molar-refractivity contribution is 7.89. The van der Waals surface area contributed by atoms with E-state index in [1.165, 1.54) is 6.07 Å². The minimum absolute atomic E-state index is 0.0547. The molecule has 0 bridgehead atoms. The van der Waals surface area contributed by atoms with E-state index in [0.717, 1.165) is 6.39 Å². The minimum atomic E-state index is -3.70. The average molecular weight is 272 g/mol. The second-order valence-corrected chi connectivity index (χ2v) is 5.12. The Labute approximate surface area is 103 Å². The third-order valence-corrected chi connectivity index (χ3v) is 3.35. The highest BCUT2D eigenvalue weighted by Crippen LogP contribution is 2.13. The van der Waals surface area contributed by atoms with Gasteiger partial charge in [0.2, 0.25) is 11.5 Å². The number of hydrogen-bond donors (Lipinski definition) is 2. The van der Waals surface area contributed by atoms with Crippen molar-refractivity contribution in [3.63, 3.8) is 0 Å². The molecule has 0 amide bonds. The first-order valence-electron chi connectivity index (χ1n) is 5.10. The zero-order valence-electron chi connectivity index (χ0n) is 9.58. The van der Waals surface area contributed by atoms with Gasteiger partial charge in [0.15, 0.2) is 5.82 Å². The van der Waals surface area contributed by atoms with Gasteiger partial charge in [0.05, 0.1) is 13.1 Å². The minimum Gasteiger partial charge on any atom is -0.447 e. The van der Waals surface area contributed by atoms with Crippen LogP contribution in [0.4, 0.5) is 0 Å². The van der Waals surface area contributed by atoms with Gasteiger partial charge < -0.3 is 14.3 Å². The highest BCUT2D eigenvalue weighted by atomic mass is 32.2. The normalized spacial score (nSPS) is 11.8. The quantitative estimate of drug-likeness (QED) is 0.753. The molecule has 0 aliphatic heterocycles. The summed E-state index contributed by atoms with van der Waals surface area (Å²) in [4.78, 5) is 3.70. The Morgan fingerprint density at radius 1 is 1.33 bits per heavy atom. The molecule has 0 unspecified atom stereocenters. The fourth-order valence-electron chi connectivity index (χ4n) is 1.27. The van der Waals surface area contributed by atoms with E-state index in [1.807, 2.05) is 0 Å². The molecule has 0 saturated carbocycles. The molecule has 0 aliphatic carbocycles. The first-order chi connectivity index (χ1) is 8.62. The number of rotatable bonds is 6. The Morgan fingerprint density at radius 3 is 2.83 bits per heavy atom. The summed E-state index contributed by atoms with van der Waals surface area (Å²) in [5.74, 6) is 0.790. The van der Waals surface area contributed by atoms with Crippen LogP contribution in [0.1, 0.15) is 11.6 Å². The van der Waals surface area contributed by atoms with Crippen LogP contribution in [0.25, 0.3) is 0 Å². The zero-order chi connectivity index (χ0) is 13.0. The van der Waals surface area contributed by atoms with Crippen molar-refractivity contribution < 1.29 is 17.4 Å². The first kappa shape index (κ1) is 12.7. The van der Waals surface area contributed by atoms with E-state index in [4.69, 9.17) is 4.42 Å². The van der Waals surface area contributed by atoms with E-state index in [-0.39, 0.29) is 17.5 Å². The van der Waals surface area contributed by atoms with E-state index >= 15 is 0 Å². The third-order valence-electron chi connectivity index (χ3n) is 2.08. The fraction of sp³-hybridized carbons (Fsp3) is 0.333. The average Bonchev–Trinajstić information content (AvgIpc) is 2.98. The first-order valence-corrected chi connectivity index (χ1v) is 6.58. The summed E-state index contributed by atoms with van der Waals surface area (Å²) in [5, 5.41) is 6.21. The van der Waals surface area contributed by atoms with E-state index in [9.17, 15) is 8.42 Å². The molecule has 98 valence electrons. The van der Waals surface area contributed by atoms with Crippen molar-refractivity contribution in [2.45, 2.75) is 18.2 Å². The topological polar surface area (TPSA) is 110 Å². The second kappa shape index (κ2) is 5.29. The lowest BCUT2D eigenvalue weighted by Crippen LogP contribution is -2.23. The summed E-state index contributed by atoms with van der Waals surface area (Å²) < 4.78 is 35.6. The van der Waals surface area contributed by atoms with Gasteiger partial charge in [0, 0.05) is 0 Å². The van der Waals surface area contributed by atoms with Gasteiger partial charge in [-0.1, -0.05) is 5.16 Å². The van der Waals surface area contributed by atoms with Crippen molar-refractivity contribution in [3.05, 3.63) is 30.1 Å². The predicted octanol–water partition coefficient (Wildman–Crippen LogP) is -0.140. The van der Waals surface area contributed by atoms with Gasteiger partial charge in [-0.25, -0.2) is 13.1 Å². The molecule has 0 aliphatic rings. The molecular formula is C9H12N4O4S. The van der Waals surface area contributed by atoms with Crippen LogP contribution in [0.3, 0.4) is 0 Å². The molecule has 8 nitrogen and oxygen atoms in total. The number of sulfonamides is 1. The SMILES string of the molecule is CNCc1ccc(S(=O)(=O)NCc2ncon2)o1. The second-order valence-electron chi connectivity index (χ2n) is 3.42. The fourth-order valence-corrected chi connectivity index (χ4v) is 2.20. The largest absolute Gasteiger partial charge is 0.447 e. The molecule has 0 atom stereocenters. The van der Waals surface area contributed by atoms with E-state index in [2.05, 4.69) is 24.7 Å². The highest BCUT2D eigenvalue weighted by Gasteiger charge is 2.19. The summed E-state index contributed by atoms with van der Waals surface area (Å²) in [5.41, 5.74) is 0. The predicted molar refractivity (Wildman–Crippen MR) is 59.8 cm³/mol. The van der Waals surface area contributed by atoms with Crippen LogP contribution < -0.4 is 10.0 Å². The number of nitrogens with one attached hydrogen (secondary N) is 2. The Bertz CT molecular complexity index is 590. The summed E-state index contributed by atoms with van der Waals surface area (Å²) >= 11 is 0. The molecule has 2 aromatic rings. The molecule has 0 fully saturated rings. The summed E-state index contributed by atoms with van der Waals surface area (Å²) in [7, 11) is -1.96. The smallest absolute Gasteiger partial charge is 0.274 e. The molecule has 18 heavy (non-hydrogen) atoms. The Balaban J connectivity index is 2.05. The van der Waals surface area contributed by atoms with Crippen LogP contribution in [0.15, 0.2) is 32.6 Å². The van der Waals surface area contributed by atoms with Gasteiger partial charge in [0.25, 0.3) is 10.0 Å². The van der Waals surface area contributed by atoms with E-state index < -0.39 is 10.0 Å². The molecule has 9 heteroatoms. The Morgan fingerprint density at radius 2 is 2.17 bits per heavy atom. The Hall–Kier alpha value is -1.71. The lowest BCUT2D eigenvalue weighted by molar-refractivity contribution is 0.401. The van der Waals surface area contributed by atoms with Crippen molar-refractivity contribution >= 4 is 10.0 Å². The maximum atomic E-state index is 11.8. The number of hydrogen-bond acceptors (Lipinski definition) is 7. The molecule has 0 saturated heterocycles. The zero-order valence-corrected chi connectivity index (χ0v) is 10.4. The van der Waals surface area contributed by atoms with Gasteiger partial charge >= 0.3 is 0 Å². The van der Waals surface area contributed by atoms with E-state index in [1.54, 1.807) is 13.1 Å². The number of furan rings is 1. The molecule has 2 N–H and O–H groups in total. The molecule has 0 spiro atoms. The Kier molecular flexibility index (Phi) is 3.75. The number of aromatic nitrogens is 2. The standard InChI is InChI=1S/C9H12N4O4S/c1-10-4-7-2-3-9(17-7)18(14,15)12-5-8-11-6-16-13-8/h2-3,6,10,12H,4-5H2,1H3. The van der Waals surface area contributed by atoms with Gasteiger partial charge in [-0.05, 0) is 19.2 Å². The van der Waals surface area contributed by atoms with Crippen molar-refractivity contribution in [3.8, 4) is 0 Å². The maximum Gasteiger partial charge on any atom is 0.274 e. The van der Waals surface area contributed by atoms with Crippen LogP contribution >= 0.6 is 0 Å². The van der Waals surface area contributed by atoms with Crippen molar-refractivity contribution in [2.24, 2.45) is 0 Å². The summed E-state index contributed by atoms with van der Waals surface area (Å²) in [6, 6.07) is 2.99. The molecule has 2 heterocycles. The van der Waals surface area contributed by atoms with Gasteiger partial charge in [0.1, 0.15) is 5.76 Å². The van der Waals surface area contributed by atoms with E-state index in [0.29, 0.717) is 12.3 Å². The lowest BCUT2D eigenvalue weighted by atomic mass is 10.4. The lowest BCUT2D eigenvalue weighted by Gasteiger charge is -2.01. The van der Waals surface area contributed by atoms with Crippen LogP contribution in [0.2, 0.25) is 0 Å². The third kappa shape index (κ3) is 2.94. The molecule has 2 aromatic heterocycles. The van der Waals surface area contributed by atoms with Crippen LogP contribution in [-0.2, 0) is 23.1 Å². The molecule has 2 rings (SSSR count). The molecule has 0 aromatic carbocycles. The van der Waals surface area contributed by atoms with Crippen molar-refractivity contribution in [1.29, 1.82) is 0 Å². The molecular weight excluding hydrogens is 260 g/mol. The van der Waals surface area contributed by atoms with Crippen LogP contribution in [0, 0.1) is 0 Å².